The Hall–Kier alpha value is -2.30. The van der Waals surface area contributed by atoms with Crippen molar-refractivity contribution in [3.8, 4) is 0 Å². The van der Waals surface area contributed by atoms with Crippen LogP contribution in [0.2, 0.25) is 0 Å². The van der Waals surface area contributed by atoms with Crippen LogP contribution in [0.3, 0.4) is 0 Å². The Bertz CT molecular complexity index is 529. The van der Waals surface area contributed by atoms with Gasteiger partial charge in [-0.3, -0.25) is 9.59 Å². The van der Waals surface area contributed by atoms with Gasteiger partial charge in [0.1, 0.15) is 0 Å². The van der Waals surface area contributed by atoms with Crippen molar-refractivity contribution in [3.63, 3.8) is 0 Å². The first-order valence-electron chi connectivity index (χ1n) is 7.14. The maximum absolute atomic E-state index is 12.1. The van der Waals surface area contributed by atoms with Gasteiger partial charge in [-0.1, -0.05) is 12.1 Å². The van der Waals surface area contributed by atoms with Crippen molar-refractivity contribution in [2.45, 2.75) is 25.8 Å². The lowest BCUT2D eigenvalue weighted by atomic mass is 10.0. The smallest absolute Gasteiger partial charge is 0.246 e. The molecule has 1 aliphatic rings. The molecule has 1 fully saturated rings. The summed E-state index contributed by atoms with van der Waals surface area (Å²) in [4.78, 5) is 24.9. The van der Waals surface area contributed by atoms with Gasteiger partial charge in [-0.25, -0.2) is 0 Å². The van der Waals surface area contributed by atoms with Gasteiger partial charge in [0.15, 0.2) is 0 Å². The average molecular weight is 287 g/mol. The largest absolute Gasteiger partial charge is 0.399 e. The highest BCUT2D eigenvalue weighted by Gasteiger charge is 2.21. The summed E-state index contributed by atoms with van der Waals surface area (Å²) in [7, 11) is 0. The number of benzene rings is 1. The molecular formula is C16H21N3O2. The van der Waals surface area contributed by atoms with E-state index in [0.717, 1.165) is 18.4 Å². The van der Waals surface area contributed by atoms with Crippen molar-refractivity contribution in [1.29, 1.82) is 0 Å². The van der Waals surface area contributed by atoms with Gasteiger partial charge in [0.25, 0.3) is 0 Å². The molecule has 2 rings (SSSR count). The monoisotopic (exact) mass is 287 g/mol. The number of piperidine rings is 1. The van der Waals surface area contributed by atoms with Gasteiger partial charge >= 0.3 is 0 Å². The molecule has 0 saturated carbocycles. The maximum Gasteiger partial charge on any atom is 0.246 e. The van der Waals surface area contributed by atoms with Crippen LogP contribution in [0.25, 0.3) is 6.08 Å². The lowest BCUT2D eigenvalue weighted by Crippen LogP contribution is -2.45. The van der Waals surface area contributed by atoms with Crippen LogP contribution in [-0.2, 0) is 9.59 Å². The molecule has 0 unspecified atom stereocenters. The maximum atomic E-state index is 12.1. The summed E-state index contributed by atoms with van der Waals surface area (Å²) in [5.74, 6) is -0.00359. The molecule has 1 aromatic rings. The van der Waals surface area contributed by atoms with Crippen LogP contribution in [0.1, 0.15) is 25.3 Å². The van der Waals surface area contributed by atoms with E-state index in [1.54, 1.807) is 12.2 Å². The van der Waals surface area contributed by atoms with Crippen LogP contribution in [-0.4, -0.2) is 35.8 Å². The minimum absolute atomic E-state index is 0.00750. The summed E-state index contributed by atoms with van der Waals surface area (Å²) < 4.78 is 0. The predicted molar refractivity (Wildman–Crippen MR) is 83.3 cm³/mol. The number of carbonyl (C=O) groups excluding carboxylic acids is 2. The topological polar surface area (TPSA) is 75.4 Å². The van der Waals surface area contributed by atoms with Gasteiger partial charge in [-0.2, -0.15) is 0 Å². The average Bonchev–Trinajstić information content (AvgIpc) is 2.46. The fourth-order valence-corrected chi connectivity index (χ4v) is 2.41. The van der Waals surface area contributed by atoms with Crippen molar-refractivity contribution in [2.75, 3.05) is 18.8 Å². The minimum Gasteiger partial charge on any atom is -0.399 e. The van der Waals surface area contributed by atoms with Gasteiger partial charge in [-0.05, 0) is 36.6 Å². The van der Waals surface area contributed by atoms with Gasteiger partial charge in [-0.15, -0.1) is 0 Å². The second-order valence-electron chi connectivity index (χ2n) is 5.30. The van der Waals surface area contributed by atoms with E-state index in [1.807, 2.05) is 29.2 Å². The predicted octanol–water partition coefficient (Wildman–Crippen LogP) is 1.41. The number of carbonyl (C=O) groups is 2. The van der Waals surface area contributed by atoms with Gasteiger partial charge in [0.05, 0.1) is 0 Å². The third-order valence-electron chi connectivity index (χ3n) is 3.57. The highest BCUT2D eigenvalue weighted by Crippen LogP contribution is 2.12. The Morgan fingerprint density at radius 1 is 1.24 bits per heavy atom. The molecule has 1 aromatic carbocycles. The molecule has 0 bridgehead atoms. The molecular weight excluding hydrogens is 266 g/mol. The van der Waals surface area contributed by atoms with Crippen LogP contribution in [0.5, 0.6) is 0 Å². The molecule has 0 aromatic heterocycles. The number of rotatable bonds is 3. The molecule has 1 saturated heterocycles. The zero-order valence-corrected chi connectivity index (χ0v) is 12.2. The molecule has 0 aliphatic carbocycles. The second-order valence-corrected chi connectivity index (χ2v) is 5.30. The number of hydrogen-bond acceptors (Lipinski definition) is 3. The third kappa shape index (κ3) is 4.63. The van der Waals surface area contributed by atoms with E-state index in [0.29, 0.717) is 18.8 Å². The first-order chi connectivity index (χ1) is 10.0. The fraction of sp³-hybridized carbons (Fsp3) is 0.375. The number of nitrogen functional groups attached to an aromatic ring is 1. The molecule has 0 radical (unpaired) electrons. The SMILES string of the molecule is CC(=O)NC1CCN(C(=O)/C=C/c2ccc(N)cc2)CC1. The van der Waals surface area contributed by atoms with Gasteiger partial charge in [0.2, 0.25) is 11.8 Å². The number of nitrogens with zero attached hydrogens (tertiary/aromatic N) is 1. The van der Waals surface area contributed by atoms with Crippen molar-refractivity contribution in [3.05, 3.63) is 35.9 Å². The van der Waals surface area contributed by atoms with E-state index in [2.05, 4.69) is 5.32 Å². The van der Waals surface area contributed by atoms with E-state index in [9.17, 15) is 9.59 Å². The van der Waals surface area contributed by atoms with Crippen molar-refractivity contribution < 1.29 is 9.59 Å². The molecule has 5 heteroatoms. The van der Waals surface area contributed by atoms with Crippen molar-refractivity contribution in [2.24, 2.45) is 0 Å². The summed E-state index contributed by atoms with van der Waals surface area (Å²) >= 11 is 0. The summed E-state index contributed by atoms with van der Waals surface area (Å²) in [6.07, 6.45) is 4.99. The zero-order chi connectivity index (χ0) is 15.2. The third-order valence-corrected chi connectivity index (χ3v) is 3.57. The van der Waals surface area contributed by atoms with Gasteiger partial charge in [0, 0.05) is 37.8 Å². The van der Waals surface area contributed by atoms with E-state index in [-0.39, 0.29) is 17.9 Å². The van der Waals surface area contributed by atoms with Crippen molar-refractivity contribution >= 4 is 23.6 Å². The number of anilines is 1. The Labute approximate surface area is 124 Å². The van der Waals surface area contributed by atoms with E-state index < -0.39 is 0 Å². The number of nitrogens with two attached hydrogens (primary N) is 1. The number of hydrogen-bond donors (Lipinski definition) is 2. The molecule has 2 amide bonds. The Morgan fingerprint density at radius 2 is 1.86 bits per heavy atom. The molecule has 112 valence electrons. The standard InChI is InChI=1S/C16H21N3O2/c1-12(20)18-15-8-10-19(11-9-15)16(21)7-4-13-2-5-14(17)6-3-13/h2-7,15H,8-11,17H2,1H3,(H,18,20)/b7-4+. The second kappa shape index (κ2) is 6.92. The number of nitrogens with one attached hydrogen (secondary N) is 1. The Morgan fingerprint density at radius 3 is 2.43 bits per heavy atom. The molecule has 21 heavy (non-hydrogen) atoms. The summed E-state index contributed by atoms with van der Waals surface area (Å²) in [5, 5.41) is 2.90. The quantitative estimate of drug-likeness (QED) is 0.652. The van der Waals surface area contributed by atoms with E-state index in [4.69, 9.17) is 5.73 Å². The van der Waals surface area contributed by atoms with Crippen LogP contribution in [0, 0.1) is 0 Å². The lowest BCUT2D eigenvalue weighted by molar-refractivity contribution is -0.127. The summed E-state index contributed by atoms with van der Waals surface area (Å²) in [6.45, 7) is 2.87. The summed E-state index contributed by atoms with van der Waals surface area (Å²) in [6, 6.07) is 7.56. The minimum atomic E-state index is -0.0111. The van der Waals surface area contributed by atoms with E-state index in [1.165, 1.54) is 6.92 Å². The first-order valence-corrected chi connectivity index (χ1v) is 7.14. The van der Waals surface area contributed by atoms with Crippen LogP contribution >= 0.6 is 0 Å². The van der Waals surface area contributed by atoms with Crippen molar-refractivity contribution in [1.82, 2.24) is 10.2 Å². The van der Waals surface area contributed by atoms with E-state index >= 15 is 0 Å². The molecule has 1 aliphatic heterocycles. The highest BCUT2D eigenvalue weighted by atomic mass is 16.2. The summed E-state index contributed by atoms with van der Waals surface area (Å²) in [5.41, 5.74) is 7.27. The lowest BCUT2D eigenvalue weighted by Gasteiger charge is -2.31. The molecule has 0 spiro atoms. The Kier molecular flexibility index (Phi) is 4.98. The van der Waals surface area contributed by atoms with Crippen LogP contribution in [0.15, 0.2) is 30.3 Å². The Balaban J connectivity index is 1.84. The van der Waals surface area contributed by atoms with Gasteiger partial charge < -0.3 is 16.0 Å². The first kappa shape index (κ1) is 15.1. The van der Waals surface area contributed by atoms with Crippen LogP contribution < -0.4 is 11.1 Å². The highest BCUT2D eigenvalue weighted by molar-refractivity contribution is 5.91. The fourth-order valence-electron chi connectivity index (χ4n) is 2.41. The zero-order valence-electron chi connectivity index (χ0n) is 12.2. The molecule has 1 heterocycles. The number of amides is 2. The normalized spacial score (nSPS) is 16.1. The molecule has 3 N–H and O–H groups in total. The molecule has 0 atom stereocenters. The number of likely N-dealkylation sites (tertiary alicyclic amines) is 1. The van der Waals surface area contributed by atoms with Crippen LogP contribution in [0.4, 0.5) is 5.69 Å². The molecule has 5 nitrogen and oxygen atoms in total.